The Morgan fingerprint density at radius 3 is 3.10 bits per heavy atom. The van der Waals surface area contributed by atoms with E-state index in [0.29, 0.717) is 0 Å². The summed E-state index contributed by atoms with van der Waals surface area (Å²) < 4.78 is 11.6. The van der Waals surface area contributed by atoms with Crippen molar-refractivity contribution >= 4 is 11.9 Å². The molecule has 10 heavy (non-hydrogen) atoms. The number of rotatable bonds is 1. The normalized spacial score (nSPS) is 32.9. The fourth-order valence-electron chi connectivity index (χ4n) is 0.798. The van der Waals surface area contributed by atoms with Gasteiger partial charge in [-0.2, -0.15) is 0 Å². The Balaban J connectivity index is 2.59. The number of ether oxygens (including phenoxy) is 1. The second kappa shape index (κ2) is 2.68. The van der Waals surface area contributed by atoms with Crippen LogP contribution in [0.4, 0.5) is 0 Å². The van der Waals surface area contributed by atoms with Gasteiger partial charge in [0, 0.05) is 7.79 Å². The molecule has 4 nitrogen and oxygen atoms in total. The number of carbonyl (C=O) groups excluding carboxylic acids is 2. The van der Waals surface area contributed by atoms with Gasteiger partial charge < -0.3 is 10.1 Å². The number of nitrogens with one attached hydrogen (secondary N) is 1. The second-order valence-corrected chi connectivity index (χ2v) is 2.01. The maximum atomic E-state index is 10.8. The molecule has 1 fully saturated rings. The second-order valence-electron chi connectivity index (χ2n) is 2.01. The molecule has 1 saturated heterocycles. The van der Waals surface area contributed by atoms with Crippen LogP contribution >= 0.6 is 0 Å². The van der Waals surface area contributed by atoms with Crippen LogP contribution in [0, 0.1) is 0 Å². The molecule has 0 bridgehead atoms. The maximum Gasteiger partial charge on any atom is 0.328 e. The average Bonchev–Trinajstić information content (AvgIpc) is 2.28. The van der Waals surface area contributed by atoms with Crippen LogP contribution in [-0.4, -0.2) is 25.0 Å². The van der Waals surface area contributed by atoms with Crippen molar-refractivity contribution in [3.8, 4) is 0 Å². The van der Waals surface area contributed by atoms with Crippen LogP contribution in [0.2, 0.25) is 0 Å². The lowest BCUT2D eigenvalue weighted by molar-refractivity contribution is -0.143. The molecule has 1 amide bonds. The zero-order valence-electron chi connectivity index (χ0n) is 6.59. The number of esters is 1. The maximum absolute atomic E-state index is 10.8. The van der Waals surface area contributed by atoms with Crippen molar-refractivity contribution < 1.29 is 15.7 Å². The molecule has 0 aromatic carbocycles. The third-order valence-corrected chi connectivity index (χ3v) is 1.31. The standard InChI is InChI=1S/C6H9NO3/c1-10-6(9)4-2-3-5(8)7-4/h4H,2-3H2,1H3,(H,7,8)/t4-/m0/s1/i2D/t2-,4-. The first-order valence-corrected chi connectivity index (χ1v) is 2.94. The van der Waals surface area contributed by atoms with Gasteiger partial charge in [-0.15, -0.1) is 0 Å². The summed E-state index contributed by atoms with van der Waals surface area (Å²) in [7, 11) is 1.24. The number of carbonyl (C=O) groups is 2. The summed E-state index contributed by atoms with van der Waals surface area (Å²) in [6, 6.07) is -0.771. The molecule has 1 rings (SSSR count). The minimum absolute atomic E-state index is 0.0831. The number of amides is 1. The lowest BCUT2D eigenvalue weighted by atomic mass is 10.2. The van der Waals surface area contributed by atoms with Crippen molar-refractivity contribution in [2.24, 2.45) is 0 Å². The summed E-state index contributed by atoms with van der Waals surface area (Å²) in [5.41, 5.74) is 0. The first-order valence-electron chi connectivity index (χ1n) is 3.52. The Labute approximate surface area is 59.9 Å². The monoisotopic (exact) mass is 144 g/mol. The molecule has 0 radical (unpaired) electrons. The van der Waals surface area contributed by atoms with E-state index in [-0.39, 0.29) is 12.3 Å². The molecule has 0 aliphatic carbocycles. The van der Waals surface area contributed by atoms with Gasteiger partial charge in [-0.05, 0) is 6.40 Å². The van der Waals surface area contributed by atoms with E-state index in [0.717, 1.165) is 0 Å². The zero-order chi connectivity index (χ0) is 8.43. The summed E-state index contributed by atoms with van der Waals surface area (Å²) in [6.07, 6.45) is -0.616. The third kappa shape index (κ3) is 1.26. The molecule has 2 atom stereocenters. The molecule has 0 unspecified atom stereocenters. The quantitative estimate of drug-likeness (QED) is 0.502. The number of hydrogen-bond donors (Lipinski definition) is 1. The minimum atomic E-state index is -0.771. The van der Waals surface area contributed by atoms with E-state index in [4.69, 9.17) is 1.37 Å². The molecule has 0 spiro atoms. The molecule has 0 aromatic heterocycles. The Kier molecular flexibility index (Phi) is 1.53. The molecule has 1 heterocycles. The van der Waals surface area contributed by atoms with Crippen molar-refractivity contribution in [3.63, 3.8) is 0 Å². The topological polar surface area (TPSA) is 55.4 Å². The lowest BCUT2D eigenvalue weighted by Crippen LogP contribution is -2.33. The van der Waals surface area contributed by atoms with Crippen LogP contribution in [0.1, 0.15) is 14.2 Å². The molecular weight excluding hydrogens is 134 g/mol. The van der Waals surface area contributed by atoms with Crippen molar-refractivity contribution in [3.05, 3.63) is 0 Å². The summed E-state index contributed by atoms with van der Waals surface area (Å²) in [5, 5.41) is 2.35. The third-order valence-electron chi connectivity index (χ3n) is 1.31. The van der Waals surface area contributed by atoms with Crippen molar-refractivity contribution in [2.45, 2.75) is 18.9 Å². The summed E-state index contributed by atoms with van der Waals surface area (Å²) in [6.45, 7) is 0. The van der Waals surface area contributed by atoms with E-state index in [1.165, 1.54) is 7.11 Å². The van der Waals surface area contributed by atoms with Crippen molar-refractivity contribution in [1.29, 1.82) is 0 Å². The highest BCUT2D eigenvalue weighted by Crippen LogP contribution is 2.06. The molecule has 1 aliphatic rings. The fraction of sp³-hybridized carbons (Fsp3) is 0.667. The summed E-state index contributed by atoms with van der Waals surface area (Å²) >= 11 is 0. The molecule has 56 valence electrons. The van der Waals surface area contributed by atoms with E-state index in [9.17, 15) is 9.59 Å². The van der Waals surface area contributed by atoms with E-state index >= 15 is 0 Å². The number of hydrogen-bond acceptors (Lipinski definition) is 3. The highest BCUT2D eigenvalue weighted by Gasteiger charge is 2.27. The highest BCUT2D eigenvalue weighted by atomic mass is 16.5. The van der Waals surface area contributed by atoms with Gasteiger partial charge in [0.25, 0.3) is 0 Å². The average molecular weight is 144 g/mol. The fourth-order valence-corrected chi connectivity index (χ4v) is 0.798. The number of methoxy groups -OCH3 is 1. The molecular formula is C6H9NO3. The van der Waals surface area contributed by atoms with E-state index in [1.54, 1.807) is 0 Å². The highest BCUT2D eigenvalue weighted by molar-refractivity contribution is 5.87. The SMILES string of the molecule is [2H][C@H]1CC(=O)N[C@@H]1C(=O)OC. The van der Waals surface area contributed by atoms with Crippen LogP contribution in [0.25, 0.3) is 0 Å². The van der Waals surface area contributed by atoms with Crippen LogP contribution in [0.5, 0.6) is 0 Å². The van der Waals surface area contributed by atoms with Gasteiger partial charge in [-0.25, -0.2) is 4.79 Å². The molecule has 0 aromatic rings. The Morgan fingerprint density at radius 2 is 2.70 bits per heavy atom. The van der Waals surface area contributed by atoms with E-state index in [2.05, 4.69) is 10.1 Å². The van der Waals surface area contributed by atoms with Gasteiger partial charge in [0.15, 0.2) is 0 Å². The van der Waals surface area contributed by atoms with Crippen LogP contribution < -0.4 is 5.32 Å². The van der Waals surface area contributed by atoms with Gasteiger partial charge >= 0.3 is 5.97 Å². The molecule has 0 saturated carbocycles. The Morgan fingerprint density at radius 1 is 2.00 bits per heavy atom. The van der Waals surface area contributed by atoms with Gasteiger partial charge in [0.2, 0.25) is 5.91 Å². The van der Waals surface area contributed by atoms with Gasteiger partial charge in [-0.1, -0.05) is 0 Å². The van der Waals surface area contributed by atoms with Gasteiger partial charge in [0.1, 0.15) is 6.04 Å². The first kappa shape index (κ1) is 5.70. The largest absolute Gasteiger partial charge is 0.467 e. The molecule has 1 aliphatic heterocycles. The summed E-state index contributed by atoms with van der Waals surface area (Å²) in [4.78, 5) is 21.5. The van der Waals surface area contributed by atoms with Gasteiger partial charge in [-0.3, -0.25) is 4.79 Å². The first-order chi connectivity index (χ1) is 5.15. The Bertz CT molecular complexity index is 194. The van der Waals surface area contributed by atoms with Crippen LogP contribution in [0.15, 0.2) is 0 Å². The smallest absolute Gasteiger partial charge is 0.328 e. The van der Waals surface area contributed by atoms with Crippen molar-refractivity contribution in [1.82, 2.24) is 5.32 Å². The van der Waals surface area contributed by atoms with E-state index in [1.807, 2.05) is 0 Å². The molecule has 1 N–H and O–H groups in total. The Hall–Kier alpha value is -1.06. The molecule has 4 heteroatoms. The van der Waals surface area contributed by atoms with E-state index < -0.39 is 18.4 Å². The van der Waals surface area contributed by atoms with Crippen molar-refractivity contribution in [2.75, 3.05) is 7.11 Å². The summed E-state index contributed by atoms with van der Waals surface area (Å²) in [5.74, 6) is -0.809. The van der Waals surface area contributed by atoms with Crippen LogP contribution in [0.3, 0.4) is 0 Å². The predicted octanol–water partition coefficient (Wildman–Crippen LogP) is -0.562. The predicted molar refractivity (Wildman–Crippen MR) is 33.2 cm³/mol. The lowest BCUT2D eigenvalue weighted by Gasteiger charge is -2.04. The zero-order valence-corrected chi connectivity index (χ0v) is 5.59. The van der Waals surface area contributed by atoms with Gasteiger partial charge in [0.05, 0.1) is 7.11 Å². The van der Waals surface area contributed by atoms with Crippen LogP contribution in [-0.2, 0) is 14.3 Å². The minimum Gasteiger partial charge on any atom is -0.467 e.